The Morgan fingerprint density at radius 2 is 1.77 bits per heavy atom. The summed E-state index contributed by atoms with van der Waals surface area (Å²) in [7, 11) is 0. The molecular weight excluding hydrogens is 222 g/mol. The minimum atomic E-state index is -1.07. The molecular formula is C6H15Cl2FN2O2. The number of carboxylic acids is 1. The third kappa shape index (κ3) is 9.82. The first-order chi connectivity index (χ1) is 5.07. The number of carboxylic acid groups (broad SMARTS) is 1. The maximum absolute atomic E-state index is 11.7. The smallest absolute Gasteiger partial charge is 0.320 e. The summed E-state index contributed by atoms with van der Waals surface area (Å²) >= 11 is 0. The summed E-state index contributed by atoms with van der Waals surface area (Å²) < 4.78 is 11.7. The van der Waals surface area contributed by atoms with Crippen molar-refractivity contribution in [3.63, 3.8) is 0 Å². The molecule has 0 bridgehead atoms. The molecule has 5 N–H and O–H groups in total. The van der Waals surface area contributed by atoms with Crippen molar-refractivity contribution >= 4 is 30.8 Å². The molecule has 0 aliphatic carbocycles. The lowest BCUT2D eigenvalue weighted by atomic mass is 10.1. The zero-order chi connectivity index (χ0) is 8.85. The van der Waals surface area contributed by atoms with Gasteiger partial charge in [-0.1, -0.05) is 0 Å². The zero-order valence-electron chi connectivity index (χ0n) is 6.98. The Hall–Kier alpha value is -0.100. The van der Waals surface area contributed by atoms with E-state index in [9.17, 15) is 9.18 Å². The standard InChI is InChI=1S/C6H13FN2O2.2ClH/c7-3-4(8)1-2-5(9)6(10)11;;/h4-5H,1-3,8-9H2,(H,10,11);2*1H/t4-,5-;;/m1../s1. The van der Waals surface area contributed by atoms with Crippen molar-refractivity contribution in [1.29, 1.82) is 0 Å². The highest BCUT2D eigenvalue weighted by Gasteiger charge is 2.12. The summed E-state index contributed by atoms with van der Waals surface area (Å²) in [4.78, 5) is 10.1. The molecule has 82 valence electrons. The Morgan fingerprint density at radius 3 is 2.08 bits per heavy atom. The number of halogens is 3. The maximum Gasteiger partial charge on any atom is 0.320 e. The van der Waals surface area contributed by atoms with Gasteiger partial charge in [-0.15, -0.1) is 24.8 Å². The number of aliphatic carboxylic acids is 1. The van der Waals surface area contributed by atoms with Crippen LogP contribution in [0.5, 0.6) is 0 Å². The van der Waals surface area contributed by atoms with Gasteiger partial charge < -0.3 is 16.6 Å². The van der Waals surface area contributed by atoms with Gasteiger partial charge in [-0.3, -0.25) is 4.79 Å². The second kappa shape index (κ2) is 9.98. The zero-order valence-corrected chi connectivity index (χ0v) is 8.61. The Labute approximate surface area is 88.7 Å². The molecule has 7 heteroatoms. The quantitative estimate of drug-likeness (QED) is 0.642. The third-order valence-corrected chi connectivity index (χ3v) is 1.36. The molecule has 4 nitrogen and oxygen atoms in total. The largest absolute Gasteiger partial charge is 0.480 e. The highest BCUT2D eigenvalue weighted by atomic mass is 35.5. The molecule has 0 spiro atoms. The molecule has 0 aromatic carbocycles. The van der Waals surface area contributed by atoms with Crippen molar-refractivity contribution in [3.8, 4) is 0 Å². The van der Waals surface area contributed by atoms with E-state index in [1.165, 1.54) is 0 Å². The van der Waals surface area contributed by atoms with Crippen LogP contribution in [0.3, 0.4) is 0 Å². The van der Waals surface area contributed by atoms with Crippen LogP contribution < -0.4 is 11.5 Å². The van der Waals surface area contributed by atoms with Crippen molar-refractivity contribution in [2.45, 2.75) is 24.9 Å². The summed E-state index contributed by atoms with van der Waals surface area (Å²) in [6.45, 7) is -0.633. The van der Waals surface area contributed by atoms with Crippen LogP contribution in [0.2, 0.25) is 0 Å². The van der Waals surface area contributed by atoms with Gasteiger partial charge in [-0.2, -0.15) is 0 Å². The van der Waals surface area contributed by atoms with Gasteiger partial charge in [0.05, 0.1) is 0 Å². The van der Waals surface area contributed by atoms with Crippen LogP contribution >= 0.6 is 24.8 Å². The number of alkyl halides is 1. The predicted molar refractivity (Wildman–Crippen MR) is 53.3 cm³/mol. The van der Waals surface area contributed by atoms with Crippen LogP contribution in [-0.4, -0.2) is 29.8 Å². The average Bonchev–Trinajstić information content (AvgIpc) is 1.99. The van der Waals surface area contributed by atoms with Gasteiger partial charge in [0.2, 0.25) is 0 Å². The van der Waals surface area contributed by atoms with E-state index in [1.807, 2.05) is 0 Å². The van der Waals surface area contributed by atoms with Crippen LogP contribution in [-0.2, 0) is 4.79 Å². The molecule has 0 aliphatic rings. The van der Waals surface area contributed by atoms with Crippen LogP contribution in [0.1, 0.15) is 12.8 Å². The highest BCUT2D eigenvalue weighted by molar-refractivity contribution is 5.85. The normalized spacial score (nSPS) is 13.5. The van der Waals surface area contributed by atoms with Crippen molar-refractivity contribution in [1.82, 2.24) is 0 Å². The fraction of sp³-hybridized carbons (Fsp3) is 0.833. The lowest BCUT2D eigenvalue weighted by Gasteiger charge is -2.08. The summed E-state index contributed by atoms with van der Waals surface area (Å²) in [5.41, 5.74) is 10.3. The number of hydrogen-bond acceptors (Lipinski definition) is 3. The summed E-state index contributed by atoms with van der Waals surface area (Å²) in [6.07, 6.45) is 0.532. The Kier molecular flexibility index (Phi) is 14.3. The van der Waals surface area contributed by atoms with E-state index in [0.29, 0.717) is 6.42 Å². The van der Waals surface area contributed by atoms with Gasteiger partial charge in [0, 0.05) is 6.04 Å². The molecule has 0 aliphatic heterocycles. The van der Waals surface area contributed by atoms with Crippen LogP contribution in [0.15, 0.2) is 0 Å². The van der Waals surface area contributed by atoms with E-state index in [0.717, 1.165) is 0 Å². The van der Waals surface area contributed by atoms with E-state index < -0.39 is 24.7 Å². The van der Waals surface area contributed by atoms with E-state index in [4.69, 9.17) is 16.6 Å². The van der Waals surface area contributed by atoms with Gasteiger partial charge in [0.25, 0.3) is 0 Å². The average molecular weight is 237 g/mol. The predicted octanol–water partition coefficient (Wildman–Crippen LogP) is 0.319. The van der Waals surface area contributed by atoms with E-state index in [-0.39, 0.29) is 31.2 Å². The fourth-order valence-electron chi connectivity index (χ4n) is 0.594. The molecule has 0 radical (unpaired) electrons. The second-order valence-corrected chi connectivity index (χ2v) is 2.44. The number of rotatable bonds is 5. The first-order valence-electron chi connectivity index (χ1n) is 3.38. The lowest BCUT2D eigenvalue weighted by molar-refractivity contribution is -0.138. The minimum Gasteiger partial charge on any atom is -0.480 e. The summed E-state index contributed by atoms with van der Waals surface area (Å²) in [5, 5.41) is 8.31. The van der Waals surface area contributed by atoms with E-state index in [1.54, 1.807) is 0 Å². The first kappa shape index (κ1) is 18.6. The first-order valence-corrected chi connectivity index (χ1v) is 3.38. The van der Waals surface area contributed by atoms with Crippen LogP contribution in [0, 0.1) is 0 Å². The number of carbonyl (C=O) groups is 1. The maximum atomic E-state index is 11.7. The molecule has 0 rings (SSSR count). The van der Waals surface area contributed by atoms with Crippen molar-refractivity contribution < 1.29 is 14.3 Å². The SMILES string of the molecule is Cl.Cl.N[C@@H](CF)CC[C@@H](N)C(=O)O. The topological polar surface area (TPSA) is 89.3 Å². The summed E-state index contributed by atoms with van der Waals surface area (Å²) in [5.74, 6) is -1.07. The molecule has 0 aromatic heterocycles. The van der Waals surface area contributed by atoms with Crippen molar-refractivity contribution in [2.75, 3.05) is 6.67 Å². The minimum absolute atomic E-state index is 0. The third-order valence-electron chi connectivity index (χ3n) is 1.36. The molecule has 0 fully saturated rings. The van der Waals surface area contributed by atoms with Crippen molar-refractivity contribution in [3.05, 3.63) is 0 Å². The Balaban J connectivity index is -0.000000500. The number of hydrogen-bond donors (Lipinski definition) is 3. The summed E-state index contributed by atoms with van der Waals surface area (Å²) in [6, 6.07) is -1.51. The molecule has 0 amide bonds. The Morgan fingerprint density at radius 1 is 1.31 bits per heavy atom. The van der Waals surface area contributed by atoms with Gasteiger partial charge >= 0.3 is 5.97 Å². The van der Waals surface area contributed by atoms with Gasteiger partial charge in [-0.25, -0.2) is 4.39 Å². The van der Waals surface area contributed by atoms with Gasteiger partial charge in [-0.05, 0) is 12.8 Å². The molecule has 0 heterocycles. The van der Waals surface area contributed by atoms with Crippen LogP contribution in [0.25, 0.3) is 0 Å². The molecule has 0 unspecified atom stereocenters. The fourth-order valence-corrected chi connectivity index (χ4v) is 0.594. The monoisotopic (exact) mass is 236 g/mol. The van der Waals surface area contributed by atoms with Crippen LogP contribution in [0.4, 0.5) is 4.39 Å². The molecule has 13 heavy (non-hydrogen) atoms. The van der Waals surface area contributed by atoms with Gasteiger partial charge in [0.15, 0.2) is 0 Å². The molecule has 0 aromatic rings. The molecule has 0 saturated heterocycles. The van der Waals surface area contributed by atoms with E-state index in [2.05, 4.69) is 0 Å². The molecule has 0 saturated carbocycles. The van der Waals surface area contributed by atoms with Crippen molar-refractivity contribution in [2.24, 2.45) is 11.5 Å². The highest BCUT2D eigenvalue weighted by Crippen LogP contribution is 1.98. The van der Waals surface area contributed by atoms with E-state index >= 15 is 0 Å². The van der Waals surface area contributed by atoms with Gasteiger partial charge in [0.1, 0.15) is 12.7 Å². The number of nitrogens with two attached hydrogens (primary N) is 2. The second-order valence-electron chi connectivity index (χ2n) is 2.44. The molecule has 2 atom stereocenters. The lowest BCUT2D eigenvalue weighted by Crippen LogP contribution is -2.33. The Bertz CT molecular complexity index is 140.